The Morgan fingerprint density at radius 2 is 1.93 bits per heavy atom. The number of rotatable bonds is 5. The van der Waals surface area contributed by atoms with Crippen LogP contribution in [-0.2, 0) is 11.9 Å². The highest BCUT2D eigenvalue weighted by molar-refractivity contribution is 8.00. The van der Waals surface area contributed by atoms with Crippen LogP contribution in [0, 0.1) is 0 Å². The Bertz CT molecular complexity index is 962. The van der Waals surface area contributed by atoms with Crippen LogP contribution in [0.15, 0.2) is 52.9 Å². The molecular formula is C17H11ClF3N3OS2. The summed E-state index contributed by atoms with van der Waals surface area (Å²) in [4.78, 5) is 12.1. The van der Waals surface area contributed by atoms with Crippen molar-refractivity contribution in [3.05, 3.63) is 70.2 Å². The summed E-state index contributed by atoms with van der Waals surface area (Å²) in [6.07, 6.45) is -4.41. The standard InChI is InChI=1S/C17H11ClF3N3OS2/c18-12-6-3-5-10(8-12)14(25)22-15-23-24-16(27-15)26-9-11-4-1-2-7-13(11)17(19,20)21/h1-8H,9H2,(H,22,23,25). The summed E-state index contributed by atoms with van der Waals surface area (Å²) in [5.41, 5.74) is -0.141. The Kier molecular flexibility index (Phi) is 6.03. The van der Waals surface area contributed by atoms with Crippen LogP contribution < -0.4 is 5.32 Å². The fourth-order valence-electron chi connectivity index (χ4n) is 2.18. The molecule has 10 heteroatoms. The van der Waals surface area contributed by atoms with E-state index in [1.165, 1.54) is 18.2 Å². The normalized spacial score (nSPS) is 11.4. The van der Waals surface area contributed by atoms with Crippen LogP contribution in [0.25, 0.3) is 0 Å². The zero-order valence-electron chi connectivity index (χ0n) is 13.5. The van der Waals surface area contributed by atoms with Gasteiger partial charge >= 0.3 is 6.18 Å². The topological polar surface area (TPSA) is 54.9 Å². The molecule has 4 nitrogen and oxygen atoms in total. The molecule has 0 atom stereocenters. The number of aromatic nitrogens is 2. The number of anilines is 1. The number of carbonyl (C=O) groups is 1. The molecule has 1 heterocycles. The van der Waals surface area contributed by atoms with E-state index in [1.807, 2.05) is 0 Å². The first-order valence-electron chi connectivity index (χ1n) is 7.51. The van der Waals surface area contributed by atoms with Crippen LogP contribution >= 0.6 is 34.7 Å². The number of thioether (sulfide) groups is 1. The average Bonchev–Trinajstić information content (AvgIpc) is 3.07. The van der Waals surface area contributed by atoms with E-state index in [0.29, 0.717) is 14.9 Å². The van der Waals surface area contributed by atoms with Crippen molar-refractivity contribution < 1.29 is 18.0 Å². The fourth-order valence-corrected chi connectivity index (χ4v) is 4.12. The van der Waals surface area contributed by atoms with Crippen molar-refractivity contribution in [1.29, 1.82) is 0 Å². The van der Waals surface area contributed by atoms with Gasteiger partial charge in [0.15, 0.2) is 4.34 Å². The van der Waals surface area contributed by atoms with Gasteiger partial charge in [0.05, 0.1) is 5.56 Å². The highest BCUT2D eigenvalue weighted by atomic mass is 35.5. The van der Waals surface area contributed by atoms with Gasteiger partial charge in [-0.1, -0.05) is 59.0 Å². The van der Waals surface area contributed by atoms with Crippen molar-refractivity contribution in [2.75, 3.05) is 5.32 Å². The molecule has 0 aliphatic carbocycles. The summed E-state index contributed by atoms with van der Waals surface area (Å²) < 4.78 is 39.5. The lowest BCUT2D eigenvalue weighted by Gasteiger charge is -2.11. The second kappa shape index (κ2) is 8.28. The number of halogens is 4. The van der Waals surface area contributed by atoms with E-state index < -0.39 is 17.6 Å². The molecule has 0 spiro atoms. The monoisotopic (exact) mass is 429 g/mol. The maximum atomic E-state index is 13.0. The number of hydrogen-bond acceptors (Lipinski definition) is 5. The highest BCUT2D eigenvalue weighted by Crippen LogP contribution is 2.35. The van der Waals surface area contributed by atoms with Crippen molar-refractivity contribution in [1.82, 2.24) is 10.2 Å². The first-order valence-corrected chi connectivity index (χ1v) is 9.69. The van der Waals surface area contributed by atoms with Crippen molar-refractivity contribution in [3.8, 4) is 0 Å². The van der Waals surface area contributed by atoms with E-state index in [4.69, 9.17) is 11.6 Å². The van der Waals surface area contributed by atoms with Gasteiger partial charge in [-0.2, -0.15) is 13.2 Å². The number of nitrogens with zero attached hydrogens (tertiary/aromatic N) is 2. The molecule has 2 aromatic carbocycles. The lowest BCUT2D eigenvalue weighted by molar-refractivity contribution is -0.138. The van der Waals surface area contributed by atoms with Gasteiger partial charge in [-0.05, 0) is 29.8 Å². The third-order valence-electron chi connectivity index (χ3n) is 3.39. The molecule has 0 aliphatic rings. The molecule has 27 heavy (non-hydrogen) atoms. The van der Waals surface area contributed by atoms with Crippen LogP contribution in [0.2, 0.25) is 5.02 Å². The van der Waals surface area contributed by atoms with Crippen LogP contribution in [0.5, 0.6) is 0 Å². The molecule has 1 N–H and O–H groups in total. The van der Waals surface area contributed by atoms with Gasteiger partial charge in [0.1, 0.15) is 0 Å². The summed E-state index contributed by atoms with van der Waals surface area (Å²) in [5, 5.41) is 11.0. The number of benzene rings is 2. The predicted octanol–water partition coefficient (Wildman–Crippen LogP) is 5.75. The molecule has 0 saturated carbocycles. The van der Waals surface area contributed by atoms with Gasteiger partial charge in [-0.3, -0.25) is 10.1 Å². The lowest BCUT2D eigenvalue weighted by atomic mass is 10.1. The van der Waals surface area contributed by atoms with Crippen LogP contribution in [-0.4, -0.2) is 16.1 Å². The van der Waals surface area contributed by atoms with Crippen LogP contribution in [0.3, 0.4) is 0 Å². The smallest absolute Gasteiger partial charge is 0.296 e. The Morgan fingerprint density at radius 1 is 1.15 bits per heavy atom. The molecule has 1 aromatic heterocycles. The summed E-state index contributed by atoms with van der Waals surface area (Å²) in [7, 11) is 0. The second-order valence-electron chi connectivity index (χ2n) is 5.28. The Balaban J connectivity index is 1.65. The molecule has 0 fully saturated rings. The molecule has 3 rings (SSSR count). The maximum Gasteiger partial charge on any atom is 0.416 e. The largest absolute Gasteiger partial charge is 0.416 e. The first kappa shape index (κ1) is 19.7. The van der Waals surface area contributed by atoms with Gasteiger partial charge in [-0.15, -0.1) is 10.2 Å². The fraction of sp³-hybridized carbons (Fsp3) is 0.118. The Labute approximate surface area is 165 Å². The first-order chi connectivity index (χ1) is 12.8. The maximum absolute atomic E-state index is 13.0. The summed E-state index contributed by atoms with van der Waals surface area (Å²) in [5.74, 6) is -0.306. The zero-order chi connectivity index (χ0) is 19.4. The summed E-state index contributed by atoms with van der Waals surface area (Å²) >= 11 is 8.06. The average molecular weight is 430 g/mol. The van der Waals surface area contributed by atoms with E-state index in [2.05, 4.69) is 15.5 Å². The molecule has 1 amide bonds. The number of amides is 1. The number of alkyl halides is 3. The van der Waals surface area contributed by atoms with E-state index in [9.17, 15) is 18.0 Å². The van der Waals surface area contributed by atoms with Gasteiger partial charge in [-0.25, -0.2) is 0 Å². The van der Waals surface area contributed by atoms with Crippen LogP contribution in [0.1, 0.15) is 21.5 Å². The van der Waals surface area contributed by atoms with Gasteiger partial charge < -0.3 is 0 Å². The molecule has 3 aromatic rings. The summed E-state index contributed by atoms with van der Waals surface area (Å²) in [6.45, 7) is 0. The lowest BCUT2D eigenvalue weighted by Crippen LogP contribution is -2.11. The Morgan fingerprint density at radius 3 is 2.67 bits per heavy atom. The zero-order valence-corrected chi connectivity index (χ0v) is 15.8. The SMILES string of the molecule is O=C(Nc1nnc(SCc2ccccc2C(F)(F)F)s1)c1cccc(Cl)c1. The molecule has 140 valence electrons. The van der Waals surface area contributed by atoms with Crippen molar-refractivity contribution in [2.45, 2.75) is 16.3 Å². The Hall–Kier alpha value is -2.10. The van der Waals surface area contributed by atoms with E-state index >= 15 is 0 Å². The van der Waals surface area contributed by atoms with E-state index in [-0.39, 0.29) is 16.4 Å². The summed E-state index contributed by atoms with van der Waals surface area (Å²) in [6, 6.07) is 11.8. The minimum Gasteiger partial charge on any atom is -0.296 e. The number of hydrogen-bond donors (Lipinski definition) is 1. The predicted molar refractivity (Wildman–Crippen MR) is 100 cm³/mol. The molecule has 0 radical (unpaired) electrons. The third-order valence-corrected chi connectivity index (χ3v) is 5.64. The van der Waals surface area contributed by atoms with Crippen LogP contribution in [0.4, 0.5) is 18.3 Å². The third kappa shape index (κ3) is 5.21. The van der Waals surface area contributed by atoms with E-state index in [1.54, 1.807) is 24.3 Å². The van der Waals surface area contributed by atoms with Gasteiger partial charge in [0.25, 0.3) is 5.91 Å². The number of nitrogens with one attached hydrogen (secondary N) is 1. The molecule has 0 bridgehead atoms. The quantitative estimate of drug-likeness (QED) is 0.414. The minimum atomic E-state index is -4.41. The second-order valence-corrected chi connectivity index (χ2v) is 7.92. The molecular weight excluding hydrogens is 419 g/mol. The molecule has 0 saturated heterocycles. The van der Waals surface area contributed by atoms with Crippen molar-refractivity contribution in [3.63, 3.8) is 0 Å². The molecule has 0 aliphatic heterocycles. The van der Waals surface area contributed by atoms with E-state index in [0.717, 1.165) is 29.2 Å². The highest BCUT2D eigenvalue weighted by Gasteiger charge is 2.32. The van der Waals surface area contributed by atoms with Gasteiger partial charge in [0, 0.05) is 16.3 Å². The van der Waals surface area contributed by atoms with Crippen molar-refractivity contribution in [2.24, 2.45) is 0 Å². The van der Waals surface area contributed by atoms with Crippen molar-refractivity contribution >= 4 is 45.7 Å². The minimum absolute atomic E-state index is 0.0898. The number of carbonyl (C=O) groups excluding carboxylic acids is 1. The van der Waals surface area contributed by atoms with Gasteiger partial charge in [0.2, 0.25) is 5.13 Å². The molecule has 0 unspecified atom stereocenters.